The molecule has 158 valence electrons. The number of nitriles is 1. The molecule has 0 radical (unpaired) electrons. The standard InChI is InChI=1S/C23H34N4O2/c24-9-4-10-26(14-13-25-15-17-29-18-16-25)20-23(28)27-11-7-22(8-12-27)19-21-5-2-1-3-6-21/h1-3,5-6,22H,4,7-8,10-20H2. The fourth-order valence-corrected chi connectivity index (χ4v) is 4.21. The second-order valence-electron chi connectivity index (χ2n) is 8.15. The molecule has 6 heteroatoms. The van der Waals surface area contributed by atoms with Crippen molar-refractivity contribution in [1.29, 1.82) is 5.26 Å². The summed E-state index contributed by atoms with van der Waals surface area (Å²) in [4.78, 5) is 19.4. The van der Waals surface area contributed by atoms with Gasteiger partial charge in [-0.25, -0.2) is 0 Å². The van der Waals surface area contributed by atoms with Crippen molar-refractivity contribution in [3.05, 3.63) is 35.9 Å². The van der Waals surface area contributed by atoms with Crippen LogP contribution in [0.1, 0.15) is 24.8 Å². The Labute approximate surface area is 175 Å². The fourth-order valence-electron chi connectivity index (χ4n) is 4.21. The topological polar surface area (TPSA) is 59.8 Å². The van der Waals surface area contributed by atoms with Gasteiger partial charge < -0.3 is 9.64 Å². The van der Waals surface area contributed by atoms with Crippen LogP contribution in [0, 0.1) is 17.2 Å². The van der Waals surface area contributed by atoms with Crippen LogP contribution in [0.2, 0.25) is 0 Å². The summed E-state index contributed by atoms with van der Waals surface area (Å²) in [6.07, 6.45) is 3.73. The number of carbonyl (C=O) groups is 1. The van der Waals surface area contributed by atoms with E-state index in [1.165, 1.54) is 5.56 Å². The van der Waals surface area contributed by atoms with Gasteiger partial charge in [-0.2, -0.15) is 5.26 Å². The second-order valence-corrected chi connectivity index (χ2v) is 8.15. The van der Waals surface area contributed by atoms with Crippen LogP contribution in [0.5, 0.6) is 0 Å². The summed E-state index contributed by atoms with van der Waals surface area (Å²) >= 11 is 0. The molecule has 1 aromatic rings. The maximum atomic E-state index is 12.9. The lowest BCUT2D eigenvalue weighted by molar-refractivity contribution is -0.133. The van der Waals surface area contributed by atoms with E-state index < -0.39 is 0 Å². The molecule has 2 aliphatic rings. The molecule has 2 saturated heterocycles. The van der Waals surface area contributed by atoms with E-state index in [4.69, 9.17) is 10.00 Å². The predicted octanol–water partition coefficient (Wildman–Crippen LogP) is 2.02. The number of hydrogen-bond acceptors (Lipinski definition) is 5. The summed E-state index contributed by atoms with van der Waals surface area (Å²) in [7, 11) is 0. The number of benzene rings is 1. The summed E-state index contributed by atoms with van der Waals surface area (Å²) in [5.41, 5.74) is 1.39. The molecule has 0 aliphatic carbocycles. The molecule has 0 saturated carbocycles. The first-order valence-corrected chi connectivity index (χ1v) is 11.0. The monoisotopic (exact) mass is 398 g/mol. The zero-order valence-electron chi connectivity index (χ0n) is 17.5. The average Bonchev–Trinajstić information content (AvgIpc) is 2.77. The van der Waals surface area contributed by atoms with Crippen molar-refractivity contribution < 1.29 is 9.53 Å². The lowest BCUT2D eigenvalue weighted by atomic mass is 9.90. The molecule has 1 aromatic carbocycles. The van der Waals surface area contributed by atoms with Crippen molar-refractivity contribution in [3.63, 3.8) is 0 Å². The molecule has 0 unspecified atom stereocenters. The highest BCUT2D eigenvalue weighted by molar-refractivity contribution is 5.78. The van der Waals surface area contributed by atoms with Gasteiger partial charge in [-0.3, -0.25) is 14.6 Å². The van der Waals surface area contributed by atoms with Gasteiger partial charge in [0.15, 0.2) is 0 Å². The average molecular weight is 399 g/mol. The third kappa shape index (κ3) is 7.43. The Morgan fingerprint density at radius 2 is 1.83 bits per heavy atom. The third-order valence-electron chi connectivity index (χ3n) is 6.07. The smallest absolute Gasteiger partial charge is 0.236 e. The summed E-state index contributed by atoms with van der Waals surface area (Å²) in [5.74, 6) is 0.876. The molecule has 2 heterocycles. The summed E-state index contributed by atoms with van der Waals surface area (Å²) < 4.78 is 5.40. The zero-order valence-corrected chi connectivity index (χ0v) is 17.5. The van der Waals surface area contributed by atoms with E-state index in [-0.39, 0.29) is 5.91 Å². The molecular formula is C23H34N4O2. The predicted molar refractivity (Wildman–Crippen MR) is 113 cm³/mol. The molecule has 1 amide bonds. The number of nitrogens with zero attached hydrogens (tertiary/aromatic N) is 4. The Morgan fingerprint density at radius 1 is 1.10 bits per heavy atom. The third-order valence-corrected chi connectivity index (χ3v) is 6.07. The van der Waals surface area contributed by atoms with Crippen molar-refractivity contribution in [2.75, 3.05) is 65.6 Å². The van der Waals surface area contributed by atoms with Crippen molar-refractivity contribution >= 4 is 5.91 Å². The summed E-state index contributed by atoms with van der Waals surface area (Å²) in [6, 6.07) is 12.9. The van der Waals surface area contributed by atoms with Gasteiger partial charge in [0.25, 0.3) is 0 Å². The SMILES string of the molecule is N#CCCN(CCN1CCOCC1)CC(=O)N1CCC(Cc2ccccc2)CC1. The van der Waals surface area contributed by atoms with E-state index in [1.807, 2.05) is 4.90 Å². The minimum Gasteiger partial charge on any atom is -0.379 e. The lowest BCUT2D eigenvalue weighted by Gasteiger charge is -2.34. The Balaban J connectivity index is 1.42. The van der Waals surface area contributed by atoms with Crippen molar-refractivity contribution in [2.45, 2.75) is 25.7 Å². The van der Waals surface area contributed by atoms with Crippen LogP contribution >= 0.6 is 0 Å². The van der Waals surface area contributed by atoms with Crippen LogP contribution in [0.25, 0.3) is 0 Å². The number of morpholine rings is 1. The van der Waals surface area contributed by atoms with Crippen LogP contribution in [0.3, 0.4) is 0 Å². The Hall–Kier alpha value is -1.94. The second kappa shape index (κ2) is 11.9. The maximum absolute atomic E-state index is 12.9. The molecule has 29 heavy (non-hydrogen) atoms. The molecule has 0 atom stereocenters. The first-order valence-electron chi connectivity index (χ1n) is 11.0. The van der Waals surface area contributed by atoms with Crippen LogP contribution < -0.4 is 0 Å². The number of hydrogen-bond donors (Lipinski definition) is 0. The minimum absolute atomic E-state index is 0.211. The van der Waals surface area contributed by atoms with Gasteiger partial charge in [0.2, 0.25) is 5.91 Å². The normalized spacial score (nSPS) is 18.7. The van der Waals surface area contributed by atoms with Gasteiger partial charge in [-0.1, -0.05) is 30.3 Å². The van der Waals surface area contributed by atoms with Gasteiger partial charge in [0.05, 0.1) is 25.8 Å². The van der Waals surface area contributed by atoms with E-state index in [2.05, 4.69) is 46.2 Å². The van der Waals surface area contributed by atoms with E-state index in [1.54, 1.807) is 0 Å². The molecule has 2 fully saturated rings. The Morgan fingerprint density at radius 3 is 2.52 bits per heavy atom. The molecule has 3 rings (SSSR count). The Kier molecular flexibility index (Phi) is 8.94. The van der Waals surface area contributed by atoms with E-state index in [0.29, 0.717) is 25.4 Å². The van der Waals surface area contributed by atoms with E-state index >= 15 is 0 Å². The number of rotatable bonds is 9. The summed E-state index contributed by atoms with van der Waals surface area (Å²) in [6.45, 7) is 8.04. The quantitative estimate of drug-likeness (QED) is 0.637. The highest BCUT2D eigenvalue weighted by atomic mass is 16.5. The number of ether oxygens (including phenoxy) is 1. The molecule has 0 aromatic heterocycles. The van der Waals surface area contributed by atoms with E-state index in [9.17, 15) is 4.79 Å². The van der Waals surface area contributed by atoms with Crippen LogP contribution in [-0.2, 0) is 16.0 Å². The molecule has 0 spiro atoms. The fraction of sp³-hybridized carbons (Fsp3) is 0.652. The van der Waals surface area contributed by atoms with E-state index in [0.717, 1.165) is 71.7 Å². The number of amides is 1. The number of carbonyl (C=O) groups excluding carboxylic acids is 1. The molecule has 0 N–H and O–H groups in total. The van der Waals surface area contributed by atoms with Gasteiger partial charge >= 0.3 is 0 Å². The lowest BCUT2D eigenvalue weighted by Crippen LogP contribution is -2.47. The van der Waals surface area contributed by atoms with Crippen LogP contribution in [0.4, 0.5) is 0 Å². The van der Waals surface area contributed by atoms with Gasteiger partial charge in [-0.15, -0.1) is 0 Å². The molecular weight excluding hydrogens is 364 g/mol. The summed E-state index contributed by atoms with van der Waals surface area (Å²) in [5, 5.41) is 8.97. The first kappa shape index (κ1) is 21.8. The molecule has 6 nitrogen and oxygen atoms in total. The van der Waals surface area contributed by atoms with Crippen molar-refractivity contribution in [1.82, 2.24) is 14.7 Å². The minimum atomic E-state index is 0.211. The van der Waals surface area contributed by atoms with Gasteiger partial charge in [0, 0.05) is 52.2 Å². The molecule has 0 bridgehead atoms. The van der Waals surface area contributed by atoms with Gasteiger partial charge in [0.1, 0.15) is 0 Å². The maximum Gasteiger partial charge on any atom is 0.236 e. The van der Waals surface area contributed by atoms with Gasteiger partial charge in [-0.05, 0) is 30.7 Å². The molecule has 2 aliphatic heterocycles. The largest absolute Gasteiger partial charge is 0.379 e. The highest BCUT2D eigenvalue weighted by Gasteiger charge is 2.24. The zero-order chi connectivity index (χ0) is 20.3. The van der Waals surface area contributed by atoms with Crippen LogP contribution in [-0.4, -0.2) is 86.2 Å². The number of piperidine rings is 1. The number of likely N-dealkylation sites (tertiary alicyclic amines) is 1. The van der Waals surface area contributed by atoms with Crippen molar-refractivity contribution in [2.24, 2.45) is 5.92 Å². The first-order chi connectivity index (χ1) is 14.2. The Bertz CT molecular complexity index is 647. The van der Waals surface area contributed by atoms with Crippen molar-refractivity contribution in [3.8, 4) is 6.07 Å². The highest BCUT2D eigenvalue weighted by Crippen LogP contribution is 2.21. The van der Waals surface area contributed by atoms with Crippen LogP contribution in [0.15, 0.2) is 30.3 Å².